The van der Waals surface area contributed by atoms with Gasteiger partial charge in [0.2, 0.25) is 5.91 Å². The van der Waals surface area contributed by atoms with Crippen molar-refractivity contribution < 1.29 is 4.79 Å². The standard InChI is InChI=1S/C11H23NO/c1-6-10(5)8-12(7-2)11(13)9(3)4/h9-10H,6-8H2,1-5H3. The molecule has 0 N–H and O–H groups in total. The van der Waals surface area contributed by atoms with Crippen molar-refractivity contribution in [2.24, 2.45) is 11.8 Å². The number of hydrogen-bond acceptors (Lipinski definition) is 1. The van der Waals surface area contributed by atoms with Crippen LogP contribution in [0.15, 0.2) is 0 Å². The lowest BCUT2D eigenvalue weighted by molar-refractivity contribution is -0.134. The summed E-state index contributed by atoms with van der Waals surface area (Å²) < 4.78 is 0. The molecule has 13 heavy (non-hydrogen) atoms. The predicted octanol–water partition coefficient (Wildman–Crippen LogP) is 2.54. The van der Waals surface area contributed by atoms with Gasteiger partial charge in [0.15, 0.2) is 0 Å². The minimum atomic E-state index is 0.129. The fourth-order valence-electron chi connectivity index (χ4n) is 1.25. The number of carbonyl (C=O) groups is 1. The molecule has 0 rings (SSSR count). The van der Waals surface area contributed by atoms with E-state index in [0.717, 1.165) is 19.5 Å². The van der Waals surface area contributed by atoms with Gasteiger partial charge in [-0.3, -0.25) is 4.79 Å². The van der Waals surface area contributed by atoms with Crippen molar-refractivity contribution in [2.75, 3.05) is 13.1 Å². The molecular weight excluding hydrogens is 162 g/mol. The lowest BCUT2D eigenvalue weighted by atomic mass is 10.1. The molecule has 2 heteroatoms. The van der Waals surface area contributed by atoms with Crippen LogP contribution in [0.3, 0.4) is 0 Å². The van der Waals surface area contributed by atoms with Crippen LogP contribution in [0.2, 0.25) is 0 Å². The maximum atomic E-state index is 11.7. The Hall–Kier alpha value is -0.530. The summed E-state index contributed by atoms with van der Waals surface area (Å²) in [5.74, 6) is 1.02. The first kappa shape index (κ1) is 12.5. The van der Waals surface area contributed by atoms with E-state index in [9.17, 15) is 4.79 Å². The van der Waals surface area contributed by atoms with Crippen LogP contribution in [0.1, 0.15) is 41.0 Å². The predicted molar refractivity (Wildman–Crippen MR) is 56.5 cm³/mol. The molecule has 1 atom stereocenters. The average molecular weight is 185 g/mol. The molecule has 1 amide bonds. The summed E-state index contributed by atoms with van der Waals surface area (Å²) in [4.78, 5) is 13.6. The molecule has 0 aliphatic carbocycles. The number of carbonyl (C=O) groups excluding carboxylic acids is 1. The first-order valence-electron chi connectivity index (χ1n) is 5.31. The van der Waals surface area contributed by atoms with E-state index in [4.69, 9.17) is 0 Å². The molecule has 0 aromatic rings. The normalized spacial score (nSPS) is 13.1. The topological polar surface area (TPSA) is 20.3 Å². The van der Waals surface area contributed by atoms with Gasteiger partial charge >= 0.3 is 0 Å². The van der Waals surface area contributed by atoms with Gasteiger partial charge in [0, 0.05) is 19.0 Å². The summed E-state index contributed by atoms with van der Waals surface area (Å²) >= 11 is 0. The van der Waals surface area contributed by atoms with E-state index in [1.54, 1.807) is 0 Å². The molecule has 0 bridgehead atoms. The van der Waals surface area contributed by atoms with Crippen LogP contribution in [-0.2, 0) is 4.79 Å². The number of hydrogen-bond donors (Lipinski definition) is 0. The Labute approximate surface area is 82.3 Å². The Morgan fingerprint density at radius 3 is 2.08 bits per heavy atom. The lowest BCUT2D eigenvalue weighted by Crippen LogP contribution is -2.37. The maximum absolute atomic E-state index is 11.7. The van der Waals surface area contributed by atoms with Crippen molar-refractivity contribution in [1.29, 1.82) is 0 Å². The quantitative estimate of drug-likeness (QED) is 0.644. The van der Waals surface area contributed by atoms with Gasteiger partial charge in [-0.2, -0.15) is 0 Å². The zero-order valence-corrected chi connectivity index (χ0v) is 9.63. The highest BCUT2D eigenvalue weighted by atomic mass is 16.2. The van der Waals surface area contributed by atoms with Crippen molar-refractivity contribution >= 4 is 5.91 Å². The van der Waals surface area contributed by atoms with E-state index >= 15 is 0 Å². The zero-order valence-electron chi connectivity index (χ0n) is 9.63. The van der Waals surface area contributed by atoms with Crippen LogP contribution in [0.4, 0.5) is 0 Å². The van der Waals surface area contributed by atoms with Gasteiger partial charge in [-0.15, -0.1) is 0 Å². The smallest absolute Gasteiger partial charge is 0.225 e. The number of nitrogens with zero attached hydrogens (tertiary/aromatic N) is 1. The summed E-state index contributed by atoms with van der Waals surface area (Å²) in [5.41, 5.74) is 0. The van der Waals surface area contributed by atoms with Crippen LogP contribution in [0.25, 0.3) is 0 Å². The van der Waals surface area contributed by atoms with Crippen molar-refractivity contribution in [1.82, 2.24) is 4.90 Å². The van der Waals surface area contributed by atoms with Crippen LogP contribution in [-0.4, -0.2) is 23.9 Å². The van der Waals surface area contributed by atoms with E-state index < -0.39 is 0 Å². The summed E-state index contributed by atoms with van der Waals surface area (Å²) in [6, 6.07) is 0. The molecular formula is C11H23NO. The molecule has 0 aliphatic heterocycles. The van der Waals surface area contributed by atoms with Gasteiger partial charge in [-0.05, 0) is 12.8 Å². The van der Waals surface area contributed by atoms with Crippen LogP contribution < -0.4 is 0 Å². The Bertz CT molecular complexity index is 154. The van der Waals surface area contributed by atoms with Gasteiger partial charge in [0.05, 0.1) is 0 Å². The molecule has 0 saturated carbocycles. The molecule has 0 radical (unpaired) electrons. The molecule has 0 aliphatic rings. The number of amides is 1. The molecule has 0 aromatic carbocycles. The maximum Gasteiger partial charge on any atom is 0.225 e. The van der Waals surface area contributed by atoms with E-state index in [1.807, 2.05) is 25.7 Å². The third-order valence-electron chi connectivity index (χ3n) is 2.42. The minimum absolute atomic E-state index is 0.129. The van der Waals surface area contributed by atoms with Gasteiger partial charge in [0.1, 0.15) is 0 Å². The first-order valence-corrected chi connectivity index (χ1v) is 5.31. The monoisotopic (exact) mass is 185 g/mol. The molecule has 0 heterocycles. The summed E-state index contributed by atoms with van der Waals surface area (Å²) in [6.07, 6.45) is 1.14. The van der Waals surface area contributed by atoms with Crippen molar-refractivity contribution in [3.05, 3.63) is 0 Å². The molecule has 1 unspecified atom stereocenters. The van der Waals surface area contributed by atoms with E-state index in [1.165, 1.54) is 0 Å². The highest BCUT2D eigenvalue weighted by Crippen LogP contribution is 2.07. The second-order valence-electron chi connectivity index (χ2n) is 4.04. The Balaban J connectivity index is 4.10. The Morgan fingerprint density at radius 2 is 1.77 bits per heavy atom. The third kappa shape index (κ3) is 4.30. The highest BCUT2D eigenvalue weighted by Gasteiger charge is 2.16. The van der Waals surface area contributed by atoms with Gasteiger partial charge in [0.25, 0.3) is 0 Å². The fourth-order valence-corrected chi connectivity index (χ4v) is 1.25. The second kappa shape index (κ2) is 6.01. The minimum Gasteiger partial charge on any atom is -0.342 e. The largest absolute Gasteiger partial charge is 0.342 e. The fraction of sp³-hybridized carbons (Fsp3) is 0.909. The van der Waals surface area contributed by atoms with Crippen LogP contribution in [0.5, 0.6) is 0 Å². The summed E-state index contributed by atoms with van der Waals surface area (Å²) in [5, 5.41) is 0. The molecule has 0 spiro atoms. The zero-order chi connectivity index (χ0) is 10.4. The Morgan fingerprint density at radius 1 is 1.23 bits per heavy atom. The lowest BCUT2D eigenvalue weighted by Gasteiger charge is -2.25. The van der Waals surface area contributed by atoms with Crippen molar-refractivity contribution in [3.63, 3.8) is 0 Å². The SMILES string of the molecule is CCC(C)CN(CC)C(=O)C(C)C. The van der Waals surface area contributed by atoms with E-state index in [-0.39, 0.29) is 11.8 Å². The van der Waals surface area contributed by atoms with Crippen LogP contribution in [0, 0.1) is 11.8 Å². The molecule has 0 aromatic heterocycles. The Kier molecular flexibility index (Phi) is 5.76. The third-order valence-corrected chi connectivity index (χ3v) is 2.42. The second-order valence-corrected chi connectivity index (χ2v) is 4.04. The molecule has 0 fully saturated rings. The first-order chi connectivity index (χ1) is 6.02. The van der Waals surface area contributed by atoms with Crippen molar-refractivity contribution in [2.45, 2.75) is 41.0 Å². The van der Waals surface area contributed by atoms with Gasteiger partial charge in [-0.1, -0.05) is 34.1 Å². The molecule has 78 valence electrons. The van der Waals surface area contributed by atoms with Gasteiger partial charge < -0.3 is 4.90 Å². The van der Waals surface area contributed by atoms with E-state index in [2.05, 4.69) is 13.8 Å². The summed E-state index contributed by atoms with van der Waals surface area (Å²) in [6.45, 7) is 12.1. The van der Waals surface area contributed by atoms with Crippen molar-refractivity contribution in [3.8, 4) is 0 Å². The highest BCUT2D eigenvalue weighted by molar-refractivity contribution is 5.78. The number of rotatable bonds is 5. The summed E-state index contributed by atoms with van der Waals surface area (Å²) in [7, 11) is 0. The van der Waals surface area contributed by atoms with Crippen LogP contribution >= 0.6 is 0 Å². The van der Waals surface area contributed by atoms with E-state index in [0.29, 0.717) is 5.92 Å². The average Bonchev–Trinajstić information content (AvgIpc) is 2.12. The van der Waals surface area contributed by atoms with Gasteiger partial charge in [-0.25, -0.2) is 0 Å². The molecule has 2 nitrogen and oxygen atoms in total. The molecule has 0 saturated heterocycles.